The van der Waals surface area contributed by atoms with E-state index in [0.717, 1.165) is 47.3 Å². The fourth-order valence-electron chi connectivity index (χ4n) is 3.74. The van der Waals surface area contributed by atoms with Gasteiger partial charge in [0, 0.05) is 22.2 Å². The van der Waals surface area contributed by atoms with E-state index in [1.54, 1.807) is 0 Å². The van der Waals surface area contributed by atoms with Crippen LogP contribution in [0.5, 0.6) is 0 Å². The number of carbonyl (C=O) groups excluding carboxylic acids is 2. The van der Waals surface area contributed by atoms with Crippen LogP contribution in [0.15, 0.2) is 30.3 Å². The molecule has 1 aliphatic rings. The van der Waals surface area contributed by atoms with Crippen molar-refractivity contribution in [3.63, 3.8) is 0 Å². The summed E-state index contributed by atoms with van der Waals surface area (Å²) in [5.41, 5.74) is 7.12. The standard InChI is InChI=1S/C22H26N2O3S/c1-14-9-15(2)22(16(3)10-14)24-21(26)13-28(27)12-20(25)23-19-8-7-17-5-4-6-18(17)11-19/h7-11H,4-6,12-13H2,1-3H3,(H,23,25)(H,24,26)/t28-/m0/s1. The first-order valence-electron chi connectivity index (χ1n) is 9.46. The Hall–Kier alpha value is -2.47. The van der Waals surface area contributed by atoms with Gasteiger partial charge < -0.3 is 10.6 Å². The number of benzene rings is 2. The highest BCUT2D eigenvalue weighted by atomic mass is 32.2. The molecule has 0 fully saturated rings. The Morgan fingerprint density at radius 3 is 2.18 bits per heavy atom. The predicted octanol–water partition coefficient (Wildman–Crippen LogP) is 3.43. The number of amides is 2. The number of fused-ring (bicyclic) bond motifs is 1. The van der Waals surface area contributed by atoms with Gasteiger partial charge in [0.25, 0.3) is 0 Å². The average Bonchev–Trinajstić information content (AvgIpc) is 3.05. The molecular formula is C22H26N2O3S. The average molecular weight is 399 g/mol. The van der Waals surface area contributed by atoms with Gasteiger partial charge in [0.1, 0.15) is 11.5 Å². The van der Waals surface area contributed by atoms with Crippen LogP contribution in [-0.4, -0.2) is 27.5 Å². The lowest BCUT2D eigenvalue weighted by Crippen LogP contribution is -2.26. The second-order valence-electron chi connectivity index (χ2n) is 7.44. The summed E-state index contributed by atoms with van der Waals surface area (Å²) in [6, 6.07) is 9.88. The normalized spacial score (nSPS) is 13.7. The third-order valence-corrected chi connectivity index (χ3v) is 6.08. The Morgan fingerprint density at radius 2 is 1.50 bits per heavy atom. The molecule has 5 nitrogen and oxygen atoms in total. The number of hydrogen-bond donors (Lipinski definition) is 2. The molecule has 3 rings (SSSR count). The monoisotopic (exact) mass is 398 g/mol. The van der Waals surface area contributed by atoms with Crippen molar-refractivity contribution >= 4 is 34.0 Å². The summed E-state index contributed by atoms with van der Waals surface area (Å²) in [7, 11) is -1.57. The van der Waals surface area contributed by atoms with E-state index >= 15 is 0 Å². The van der Waals surface area contributed by atoms with Crippen molar-refractivity contribution in [2.45, 2.75) is 40.0 Å². The van der Waals surface area contributed by atoms with E-state index in [2.05, 4.69) is 10.6 Å². The molecule has 0 radical (unpaired) electrons. The van der Waals surface area contributed by atoms with Gasteiger partial charge >= 0.3 is 0 Å². The molecule has 0 spiro atoms. The molecule has 2 aromatic rings. The van der Waals surface area contributed by atoms with Crippen molar-refractivity contribution in [3.8, 4) is 0 Å². The second kappa shape index (κ2) is 8.69. The zero-order valence-corrected chi connectivity index (χ0v) is 17.4. The summed E-state index contributed by atoms with van der Waals surface area (Å²) in [4.78, 5) is 24.4. The fourth-order valence-corrected chi connectivity index (χ4v) is 4.57. The maximum atomic E-state index is 12.2. The number of rotatable bonds is 6. The Kier molecular flexibility index (Phi) is 6.29. The number of aryl methyl sites for hydroxylation is 5. The lowest BCUT2D eigenvalue weighted by molar-refractivity contribution is -0.114. The summed E-state index contributed by atoms with van der Waals surface area (Å²) >= 11 is 0. The van der Waals surface area contributed by atoms with E-state index < -0.39 is 10.8 Å². The molecule has 0 heterocycles. The zero-order valence-electron chi connectivity index (χ0n) is 16.6. The highest BCUT2D eigenvalue weighted by Gasteiger charge is 2.16. The zero-order chi connectivity index (χ0) is 20.3. The van der Waals surface area contributed by atoms with E-state index in [1.807, 2.05) is 51.1 Å². The molecule has 0 bridgehead atoms. The van der Waals surface area contributed by atoms with Gasteiger partial charge in [0.05, 0.1) is 0 Å². The van der Waals surface area contributed by atoms with Crippen LogP contribution in [0.3, 0.4) is 0 Å². The van der Waals surface area contributed by atoms with E-state index in [1.165, 1.54) is 11.1 Å². The Balaban J connectivity index is 1.52. The molecule has 0 aromatic heterocycles. The van der Waals surface area contributed by atoms with Crippen LogP contribution in [0.1, 0.15) is 34.2 Å². The number of carbonyl (C=O) groups is 2. The molecule has 0 unspecified atom stereocenters. The van der Waals surface area contributed by atoms with Crippen molar-refractivity contribution < 1.29 is 13.8 Å². The molecule has 28 heavy (non-hydrogen) atoms. The smallest absolute Gasteiger partial charge is 0.237 e. The van der Waals surface area contributed by atoms with Gasteiger partial charge in [-0.3, -0.25) is 13.8 Å². The van der Waals surface area contributed by atoms with E-state index in [4.69, 9.17) is 0 Å². The van der Waals surface area contributed by atoms with Gasteiger partial charge in [-0.2, -0.15) is 0 Å². The first-order valence-corrected chi connectivity index (χ1v) is 10.9. The minimum absolute atomic E-state index is 0.198. The fraction of sp³-hybridized carbons (Fsp3) is 0.364. The van der Waals surface area contributed by atoms with Crippen molar-refractivity contribution in [3.05, 3.63) is 58.1 Å². The van der Waals surface area contributed by atoms with Gasteiger partial charge in [-0.15, -0.1) is 0 Å². The third kappa shape index (κ3) is 5.07. The lowest BCUT2D eigenvalue weighted by Gasteiger charge is -2.13. The first-order chi connectivity index (χ1) is 13.3. The summed E-state index contributed by atoms with van der Waals surface area (Å²) in [6.45, 7) is 5.85. The van der Waals surface area contributed by atoms with E-state index in [0.29, 0.717) is 0 Å². The molecule has 148 valence electrons. The minimum atomic E-state index is -1.57. The third-order valence-electron chi connectivity index (χ3n) is 4.91. The van der Waals surface area contributed by atoms with Crippen molar-refractivity contribution in [1.29, 1.82) is 0 Å². The molecule has 1 aliphatic carbocycles. The SMILES string of the molecule is Cc1cc(C)c(NC(=O)C[S@@](=O)CC(=O)Nc2ccc3c(c2)CCC3)c(C)c1. The van der Waals surface area contributed by atoms with Crippen LogP contribution < -0.4 is 10.6 Å². The molecule has 0 saturated carbocycles. The summed E-state index contributed by atoms with van der Waals surface area (Å²) in [5, 5.41) is 5.61. The Labute approximate surface area is 168 Å². The summed E-state index contributed by atoms with van der Waals surface area (Å²) < 4.78 is 12.2. The highest BCUT2D eigenvalue weighted by molar-refractivity contribution is 7.86. The molecule has 2 N–H and O–H groups in total. The number of hydrogen-bond acceptors (Lipinski definition) is 3. The molecule has 0 saturated heterocycles. The van der Waals surface area contributed by atoms with Crippen LogP contribution in [0.2, 0.25) is 0 Å². The van der Waals surface area contributed by atoms with Gasteiger partial charge in [0.15, 0.2) is 0 Å². The van der Waals surface area contributed by atoms with Crippen molar-refractivity contribution in [2.24, 2.45) is 0 Å². The summed E-state index contributed by atoms with van der Waals surface area (Å²) in [5.74, 6) is -1.09. The van der Waals surface area contributed by atoms with E-state index in [9.17, 15) is 13.8 Å². The van der Waals surface area contributed by atoms with Crippen LogP contribution in [0.4, 0.5) is 11.4 Å². The maximum absolute atomic E-state index is 12.2. The maximum Gasteiger partial charge on any atom is 0.237 e. The minimum Gasteiger partial charge on any atom is -0.325 e. The molecular weight excluding hydrogens is 372 g/mol. The van der Waals surface area contributed by atoms with Gasteiger partial charge in [-0.05, 0) is 74.4 Å². The van der Waals surface area contributed by atoms with Crippen LogP contribution in [0.25, 0.3) is 0 Å². The number of anilines is 2. The van der Waals surface area contributed by atoms with Crippen LogP contribution in [0, 0.1) is 20.8 Å². The van der Waals surface area contributed by atoms with Crippen LogP contribution in [-0.2, 0) is 33.2 Å². The van der Waals surface area contributed by atoms with E-state index in [-0.39, 0.29) is 23.3 Å². The number of nitrogens with one attached hydrogen (secondary N) is 2. The summed E-state index contributed by atoms with van der Waals surface area (Å²) in [6.07, 6.45) is 3.26. The molecule has 0 aliphatic heterocycles. The quantitative estimate of drug-likeness (QED) is 0.783. The highest BCUT2D eigenvalue weighted by Crippen LogP contribution is 2.25. The first kappa shape index (κ1) is 20.3. The van der Waals surface area contributed by atoms with Gasteiger partial charge in [0.2, 0.25) is 11.8 Å². The van der Waals surface area contributed by atoms with Gasteiger partial charge in [-0.25, -0.2) is 0 Å². The largest absolute Gasteiger partial charge is 0.325 e. The van der Waals surface area contributed by atoms with Crippen molar-refractivity contribution in [2.75, 3.05) is 22.1 Å². The topological polar surface area (TPSA) is 75.3 Å². The van der Waals surface area contributed by atoms with Gasteiger partial charge in [-0.1, -0.05) is 23.8 Å². The predicted molar refractivity (Wildman–Crippen MR) is 114 cm³/mol. The van der Waals surface area contributed by atoms with Crippen molar-refractivity contribution in [1.82, 2.24) is 0 Å². The lowest BCUT2D eigenvalue weighted by atomic mass is 10.1. The second-order valence-corrected chi connectivity index (χ2v) is 8.89. The molecule has 2 aromatic carbocycles. The Bertz CT molecular complexity index is 930. The Morgan fingerprint density at radius 1 is 0.893 bits per heavy atom. The molecule has 1 atom stereocenters. The van der Waals surface area contributed by atoms with Crippen LogP contribution >= 0.6 is 0 Å². The molecule has 6 heteroatoms. The molecule has 2 amide bonds.